The lowest BCUT2D eigenvalue weighted by atomic mass is 9.98. The van der Waals surface area contributed by atoms with Gasteiger partial charge in [-0.2, -0.15) is 0 Å². The van der Waals surface area contributed by atoms with Gasteiger partial charge < -0.3 is 20.3 Å². The smallest absolute Gasteiger partial charge is 0.322 e. The maximum Gasteiger partial charge on any atom is 0.322 e. The zero-order valence-corrected chi connectivity index (χ0v) is 14.3. The van der Waals surface area contributed by atoms with Crippen molar-refractivity contribution in [1.82, 2.24) is 0 Å². The van der Waals surface area contributed by atoms with Crippen LogP contribution in [0.4, 0.5) is 0 Å². The number of rotatable bonds is 8. The third-order valence-corrected chi connectivity index (χ3v) is 4.48. The fraction of sp³-hybridized carbons (Fsp3) is 0.300. The molecule has 2 aromatic carbocycles. The van der Waals surface area contributed by atoms with Crippen LogP contribution in [-0.2, 0) is 19.1 Å². The third kappa shape index (κ3) is 3.61. The van der Waals surface area contributed by atoms with E-state index < -0.39 is 17.9 Å². The van der Waals surface area contributed by atoms with Crippen molar-refractivity contribution in [2.75, 3.05) is 26.4 Å². The van der Waals surface area contributed by atoms with Gasteiger partial charge in [0.1, 0.15) is 6.61 Å². The van der Waals surface area contributed by atoms with Crippen molar-refractivity contribution in [3.05, 3.63) is 59.7 Å². The van der Waals surface area contributed by atoms with Gasteiger partial charge in [-0.3, -0.25) is 9.59 Å². The molecule has 0 fully saturated rings. The number of benzene rings is 2. The third-order valence-electron chi connectivity index (χ3n) is 4.48. The maximum absolute atomic E-state index is 12.2. The Balaban J connectivity index is 1.73. The highest BCUT2D eigenvalue weighted by atomic mass is 16.5. The van der Waals surface area contributed by atoms with Crippen LogP contribution < -0.4 is 5.73 Å². The molecule has 1 aliphatic rings. The summed E-state index contributed by atoms with van der Waals surface area (Å²) >= 11 is 0. The van der Waals surface area contributed by atoms with Crippen LogP contribution in [0.1, 0.15) is 17.0 Å². The Kier molecular flexibility index (Phi) is 5.65. The molecule has 0 bridgehead atoms. The van der Waals surface area contributed by atoms with Crippen molar-refractivity contribution in [2.24, 2.45) is 11.7 Å². The SMILES string of the molecule is NCCOCC(C(=O)O)C(=O)OCC1c2ccccc2-c2ccccc21. The van der Waals surface area contributed by atoms with Crippen molar-refractivity contribution in [3.8, 4) is 11.1 Å². The number of carboxylic acids is 1. The molecule has 3 N–H and O–H groups in total. The Morgan fingerprint density at radius 1 is 1.04 bits per heavy atom. The molecule has 0 spiro atoms. The average molecular weight is 355 g/mol. The molecule has 0 aromatic heterocycles. The van der Waals surface area contributed by atoms with E-state index in [0.29, 0.717) is 0 Å². The summed E-state index contributed by atoms with van der Waals surface area (Å²) in [6.45, 7) is 0.300. The van der Waals surface area contributed by atoms with Crippen LogP contribution in [0.15, 0.2) is 48.5 Å². The monoisotopic (exact) mass is 355 g/mol. The van der Waals surface area contributed by atoms with Crippen molar-refractivity contribution >= 4 is 11.9 Å². The quantitative estimate of drug-likeness (QED) is 0.427. The lowest BCUT2D eigenvalue weighted by molar-refractivity contribution is -0.161. The lowest BCUT2D eigenvalue weighted by Gasteiger charge is -2.17. The second kappa shape index (κ2) is 8.12. The molecule has 1 unspecified atom stereocenters. The summed E-state index contributed by atoms with van der Waals surface area (Å²) in [6, 6.07) is 15.9. The molecular weight excluding hydrogens is 334 g/mol. The first-order valence-electron chi connectivity index (χ1n) is 8.49. The largest absolute Gasteiger partial charge is 0.481 e. The van der Waals surface area contributed by atoms with E-state index in [-0.39, 0.29) is 32.3 Å². The molecule has 0 amide bonds. The standard InChI is InChI=1S/C20H21NO5/c21-9-10-25-11-18(19(22)23)20(24)26-12-17-15-7-3-1-5-13(15)14-6-2-4-8-16(14)17/h1-8,17-18H,9-12,21H2,(H,22,23). The van der Waals surface area contributed by atoms with E-state index in [2.05, 4.69) is 0 Å². The van der Waals surface area contributed by atoms with E-state index in [1.165, 1.54) is 0 Å². The van der Waals surface area contributed by atoms with E-state index in [1.807, 2.05) is 48.5 Å². The topological polar surface area (TPSA) is 98.9 Å². The Bertz CT molecular complexity index is 759. The van der Waals surface area contributed by atoms with Gasteiger partial charge in [-0.05, 0) is 22.3 Å². The molecule has 2 aromatic rings. The first-order chi connectivity index (χ1) is 12.6. The Hall–Kier alpha value is -2.70. The zero-order chi connectivity index (χ0) is 18.5. The molecule has 1 atom stereocenters. The minimum atomic E-state index is -1.35. The number of ether oxygens (including phenoxy) is 2. The van der Waals surface area contributed by atoms with Crippen molar-refractivity contribution in [2.45, 2.75) is 5.92 Å². The highest BCUT2D eigenvalue weighted by molar-refractivity contribution is 5.94. The van der Waals surface area contributed by atoms with Gasteiger partial charge in [0.05, 0.1) is 13.2 Å². The first-order valence-corrected chi connectivity index (χ1v) is 8.49. The van der Waals surface area contributed by atoms with Crippen LogP contribution in [-0.4, -0.2) is 43.4 Å². The van der Waals surface area contributed by atoms with Crippen LogP contribution in [0.3, 0.4) is 0 Å². The number of hydrogen-bond donors (Lipinski definition) is 2. The predicted molar refractivity (Wildman–Crippen MR) is 95.7 cm³/mol. The van der Waals surface area contributed by atoms with Gasteiger partial charge in [-0.15, -0.1) is 0 Å². The minimum Gasteiger partial charge on any atom is -0.481 e. The molecule has 26 heavy (non-hydrogen) atoms. The van der Waals surface area contributed by atoms with Crippen LogP contribution >= 0.6 is 0 Å². The average Bonchev–Trinajstić information content (AvgIpc) is 2.97. The van der Waals surface area contributed by atoms with Gasteiger partial charge in [-0.1, -0.05) is 48.5 Å². The molecule has 6 nitrogen and oxygen atoms in total. The van der Waals surface area contributed by atoms with E-state index >= 15 is 0 Å². The van der Waals surface area contributed by atoms with Crippen LogP contribution in [0, 0.1) is 5.92 Å². The van der Waals surface area contributed by atoms with E-state index in [9.17, 15) is 14.7 Å². The molecule has 0 aliphatic heterocycles. The summed E-state index contributed by atoms with van der Waals surface area (Å²) in [4.78, 5) is 23.6. The van der Waals surface area contributed by atoms with Crippen molar-refractivity contribution < 1.29 is 24.2 Å². The number of hydrogen-bond acceptors (Lipinski definition) is 5. The van der Waals surface area contributed by atoms with Crippen molar-refractivity contribution in [3.63, 3.8) is 0 Å². The molecule has 136 valence electrons. The summed E-state index contributed by atoms with van der Waals surface area (Å²) < 4.78 is 10.5. The van der Waals surface area contributed by atoms with E-state index in [4.69, 9.17) is 15.2 Å². The second-order valence-corrected chi connectivity index (χ2v) is 6.11. The summed E-state index contributed by atoms with van der Waals surface area (Å²) in [7, 11) is 0. The normalized spacial score (nSPS) is 13.7. The Labute approximate surface area is 151 Å². The van der Waals surface area contributed by atoms with Gasteiger partial charge in [0, 0.05) is 12.5 Å². The molecular formula is C20H21NO5. The first kappa shape index (κ1) is 18.1. The number of fused-ring (bicyclic) bond motifs is 3. The van der Waals surface area contributed by atoms with Gasteiger partial charge in [0.25, 0.3) is 0 Å². The molecule has 3 rings (SSSR count). The molecule has 6 heteroatoms. The maximum atomic E-state index is 12.2. The number of nitrogens with two attached hydrogens (primary N) is 1. The Morgan fingerprint density at radius 2 is 1.62 bits per heavy atom. The fourth-order valence-corrected chi connectivity index (χ4v) is 3.23. The Morgan fingerprint density at radius 3 is 2.15 bits per heavy atom. The number of carbonyl (C=O) groups is 2. The summed E-state index contributed by atoms with van der Waals surface area (Å²) in [6.07, 6.45) is 0. The molecule has 0 heterocycles. The van der Waals surface area contributed by atoms with Crippen molar-refractivity contribution in [1.29, 1.82) is 0 Å². The van der Waals surface area contributed by atoms with Gasteiger partial charge in [-0.25, -0.2) is 0 Å². The van der Waals surface area contributed by atoms with E-state index in [0.717, 1.165) is 22.3 Å². The summed E-state index contributed by atoms with van der Waals surface area (Å²) in [5, 5.41) is 9.24. The summed E-state index contributed by atoms with van der Waals surface area (Å²) in [5.41, 5.74) is 9.70. The molecule has 0 saturated carbocycles. The van der Waals surface area contributed by atoms with Crippen LogP contribution in [0.25, 0.3) is 11.1 Å². The van der Waals surface area contributed by atoms with Gasteiger partial charge in [0.15, 0.2) is 5.92 Å². The van der Waals surface area contributed by atoms with Crippen LogP contribution in [0.5, 0.6) is 0 Å². The molecule has 1 aliphatic carbocycles. The molecule has 0 radical (unpaired) electrons. The fourth-order valence-electron chi connectivity index (χ4n) is 3.23. The highest BCUT2D eigenvalue weighted by Crippen LogP contribution is 2.44. The predicted octanol–water partition coefficient (Wildman–Crippen LogP) is 2.02. The zero-order valence-electron chi connectivity index (χ0n) is 14.3. The van der Waals surface area contributed by atoms with Crippen LogP contribution in [0.2, 0.25) is 0 Å². The van der Waals surface area contributed by atoms with Gasteiger partial charge >= 0.3 is 11.9 Å². The summed E-state index contributed by atoms with van der Waals surface area (Å²) in [5.74, 6) is -3.52. The second-order valence-electron chi connectivity index (χ2n) is 6.11. The number of esters is 1. The number of aliphatic carboxylic acids is 1. The van der Waals surface area contributed by atoms with E-state index in [1.54, 1.807) is 0 Å². The van der Waals surface area contributed by atoms with Gasteiger partial charge in [0.2, 0.25) is 0 Å². The molecule has 0 saturated heterocycles. The minimum absolute atomic E-state index is 0.0908. The number of carboxylic acid groups (broad SMARTS) is 1. The highest BCUT2D eigenvalue weighted by Gasteiger charge is 2.32. The number of carbonyl (C=O) groups excluding carboxylic acids is 1. The lowest BCUT2D eigenvalue weighted by Crippen LogP contribution is -2.31.